The number of rotatable bonds is 4. The molecule has 0 amide bonds. The van der Waals surface area contributed by atoms with E-state index < -0.39 is 29.7 Å². The minimum Gasteiger partial charge on any atom is -0.481 e. The molecule has 0 aromatic heterocycles. The third-order valence-corrected chi connectivity index (χ3v) is 2.97. The second kappa shape index (κ2) is 4.96. The van der Waals surface area contributed by atoms with Gasteiger partial charge in [0.15, 0.2) is 0 Å². The summed E-state index contributed by atoms with van der Waals surface area (Å²) >= 11 is 0. The average Bonchev–Trinajstić information content (AvgIpc) is 2.15. The molecule has 1 rings (SSSR count). The zero-order valence-corrected chi connectivity index (χ0v) is 8.63. The lowest BCUT2D eigenvalue weighted by atomic mass is 9.74. The van der Waals surface area contributed by atoms with E-state index in [1.807, 2.05) is 0 Å². The van der Waals surface area contributed by atoms with Crippen molar-refractivity contribution in [2.45, 2.75) is 25.7 Å². The Morgan fingerprint density at radius 3 is 1.62 bits per heavy atom. The molecule has 16 heavy (non-hydrogen) atoms. The van der Waals surface area contributed by atoms with Crippen LogP contribution in [-0.2, 0) is 14.4 Å². The molecule has 1 unspecified atom stereocenters. The van der Waals surface area contributed by atoms with Crippen molar-refractivity contribution in [3.8, 4) is 0 Å². The van der Waals surface area contributed by atoms with E-state index in [-0.39, 0.29) is 31.6 Å². The van der Waals surface area contributed by atoms with Crippen molar-refractivity contribution < 1.29 is 29.7 Å². The Labute approximate surface area is 91.9 Å². The molecule has 0 saturated heterocycles. The van der Waals surface area contributed by atoms with E-state index in [1.165, 1.54) is 0 Å². The van der Waals surface area contributed by atoms with E-state index in [1.54, 1.807) is 0 Å². The molecule has 6 nitrogen and oxygen atoms in total. The lowest BCUT2D eigenvalue weighted by Crippen LogP contribution is -2.32. The molecule has 1 fully saturated rings. The van der Waals surface area contributed by atoms with Crippen LogP contribution in [-0.4, -0.2) is 33.2 Å². The quantitative estimate of drug-likeness (QED) is 0.654. The highest BCUT2D eigenvalue weighted by Gasteiger charge is 2.36. The third-order valence-electron chi connectivity index (χ3n) is 2.97. The highest BCUT2D eigenvalue weighted by Crippen LogP contribution is 2.35. The first-order chi connectivity index (χ1) is 7.40. The molecule has 1 saturated carbocycles. The lowest BCUT2D eigenvalue weighted by Gasteiger charge is -2.29. The van der Waals surface area contributed by atoms with Crippen LogP contribution in [0, 0.1) is 17.8 Å². The van der Waals surface area contributed by atoms with Gasteiger partial charge in [-0.2, -0.15) is 0 Å². The summed E-state index contributed by atoms with van der Waals surface area (Å²) in [6, 6.07) is 0. The average molecular weight is 230 g/mol. The van der Waals surface area contributed by atoms with E-state index in [0.29, 0.717) is 0 Å². The van der Waals surface area contributed by atoms with Gasteiger partial charge in [-0.05, 0) is 25.2 Å². The molecule has 6 heteroatoms. The van der Waals surface area contributed by atoms with Crippen LogP contribution in [0.2, 0.25) is 0 Å². The number of aliphatic carboxylic acids is 3. The van der Waals surface area contributed by atoms with Gasteiger partial charge in [0.25, 0.3) is 0 Å². The van der Waals surface area contributed by atoms with Crippen molar-refractivity contribution in [3.63, 3.8) is 0 Å². The summed E-state index contributed by atoms with van der Waals surface area (Å²) in [7, 11) is 0. The van der Waals surface area contributed by atoms with Gasteiger partial charge >= 0.3 is 17.9 Å². The van der Waals surface area contributed by atoms with Gasteiger partial charge in [0.05, 0.1) is 11.8 Å². The highest BCUT2D eigenvalue weighted by molar-refractivity contribution is 5.75. The monoisotopic (exact) mass is 230 g/mol. The summed E-state index contributed by atoms with van der Waals surface area (Å²) in [5, 5.41) is 26.3. The first-order valence-corrected chi connectivity index (χ1v) is 5.07. The first-order valence-electron chi connectivity index (χ1n) is 5.07. The fourth-order valence-electron chi connectivity index (χ4n) is 2.25. The van der Waals surface area contributed by atoms with E-state index in [0.717, 1.165) is 0 Å². The second-order valence-electron chi connectivity index (χ2n) is 4.24. The summed E-state index contributed by atoms with van der Waals surface area (Å²) in [5.74, 6) is -4.92. The predicted octanol–water partition coefficient (Wildman–Crippen LogP) is 0.663. The molecular weight excluding hydrogens is 216 g/mol. The van der Waals surface area contributed by atoms with Crippen molar-refractivity contribution in [1.29, 1.82) is 0 Å². The van der Waals surface area contributed by atoms with Crippen LogP contribution in [0.15, 0.2) is 0 Å². The summed E-state index contributed by atoms with van der Waals surface area (Å²) in [6.07, 6.45) is 0.450. The smallest absolute Gasteiger partial charge is 0.306 e. The van der Waals surface area contributed by atoms with E-state index in [4.69, 9.17) is 15.3 Å². The van der Waals surface area contributed by atoms with E-state index in [2.05, 4.69) is 0 Å². The van der Waals surface area contributed by atoms with Crippen molar-refractivity contribution >= 4 is 17.9 Å². The second-order valence-corrected chi connectivity index (χ2v) is 4.24. The van der Waals surface area contributed by atoms with E-state index in [9.17, 15) is 14.4 Å². The number of carboxylic acid groups (broad SMARTS) is 3. The predicted molar refractivity (Wildman–Crippen MR) is 51.8 cm³/mol. The van der Waals surface area contributed by atoms with Crippen LogP contribution in [0.1, 0.15) is 25.7 Å². The summed E-state index contributed by atoms with van der Waals surface area (Å²) in [5.41, 5.74) is 0. The van der Waals surface area contributed by atoms with Crippen LogP contribution >= 0.6 is 0 Å². The zero-order valence-electron chi connectivity index (χ0n) is 8.63. The molecule has 1 aliphatic rings. The largest absolute Gasteiger partial charge is 0.481 e. The van der Waals surface area contributed by atoms with Gasteiger partial charge in [-0.3, -0.25) is 14.4 Å². The van der Waals surface area contributed by atoms with Gasteiger partial charge in [0, 0.05) is 6.42 Å². The van der Waals surface area contributed by atoms with Crippen LogP contribution in [0.5, 0.6) is 0 Å². The molecule has 3 N–H and O–H groups in total. The van der Waals surface area contributed by atoms with Crippen molar-refractivity contribution in [2.75, 3.05) is 0 Å². The number of carbonyl (C=O) groups is 3. The van der Waals surface area contributed by atoms with Crippen molar-refractivity contribution in [3.05, 3.63) is 0 Å². The molecule has 90 valence electrons. The van der Waals surface area contributed by atoms with E-state index >= 15 is 0 Å². The maximum atomic E-state index is 10.8. The van der Waals surface area contributed by atoms with Gasteiger partial charge in [-0.15, -0.1) is 0 Å². The Morgan fingerprint density at radius 2 is 1.31 bits per heavy atom. The third kappa shape index (κ3) is 3.22. The van der Waals surface area contributed by atoms with Crippen LogP contribution < -0.4 is 0 Å². The Kier molecular flexibility index (Phi) is 3.87. The first kappa shape index (κ1) is 12.5. The van der Waals surface area contributed by atoms with Crippen LogP contribution in [0.3, 0.4) is 0 Å². The molecule has 3 atom stereocenters. The molecule has 0 radical (unpaired) electrons. The molecule has 0 spiro atoms. The normalized spacial score (nSPS) is 29.6. The van der Waals surface area contributed by atoms with Crippen LogP contribution in [0.4, 0.5) is 0 Å². The van der Waals surface area contributed by atoms with Crippen molar-refractivity contribution in [1.82, 2.24) is 0 Å². The number of carboxylic acids is 3. The molecule has 0 heterocycles. The fraction of sp³-hybridized carbons (Fsp3) is 0.700. The standard InChI is InChI=1S/C10H14O6/c11-8(12)3-5-1-6(9(13)14)4-7(2-5)10(15)16/h5-7H,1-4H2,(H,11,12)(H,13,14)(H,15,16)/t5?,6-,7+. The summed E-state index contributed by atoms with van der Waals surface area (Å²) < 4.78 is 0. The Morgan fingerprint density at radius 1 is 0.875 bits per heavy atom. The Hall–Kier alpha value is -1.59. The summed E-state index contributed by atoms with van der Waals surface area (Å²) in [4.78, 5) is 32.2. The number of hydrogen-bond acceptors (Lipinski definition) is 3. The van der Waals surface area contributed by atoms with Gasteiger partial charge in [-0.25, -0.2) is 0 Å². The highest BCUT2D eigenvalue weighted by atomic mass is 16.4. The lowest BCUT2D eigenvalue weighted by molar-refractivity contribution is -0.151. The van der Waals surface area contributed by atoms with Crippen LogP contribution in [0.25, 0.3) is 0 Å². The minimum atomic E-state index is -1.04. The molecule has 0 aromatic rings. The fourth-order valence-corrected chi connectivity index (χ4v) is 2.25. The zero-order chi connectivity index (χ0) is 12.3. The molecule has 1 aliphatic carbocycles. The molecular formula is C10H14O6. The molecule has 0 aromatic carbocycles. The minimum absolute atomic E-state index is 0.0980. The maximum absolute atomic E-state index is 10.8. The Balaban J connectivity index is 2.69. The molecule has 0 bridgehead atoms. The SMILES string of the molecule is O=C(O)CC1C[C@@H](C(=O)O)C[C@@H](C(=O)O)C1. The maximum Gasteiger partial charge on any atom is 0.306 e. The number of hydrogen-bond donors (Lipinski definition) is 3. The Bertz CT molecular complexity index is 288. The topological polar surface area (TPSA) is 112 Å². The molecule has 0 aliphatic heterocycles. The van der Waals surface area contributed by atoms with Gasteiger partial charge in [0.1, 0.15) is 0 Å². The van der Waals surface area contributed by atoms with Gasteiger partial charge in [0.2, 0.25) is 0 Å². The summed E-state index contributed by atoms with van der Waals surface area (Å²) in [6.45, 7) is 0. The van der Waals surface area contributed by atoms with Crippen molar-refractivity contribution in [2.24, 2.45) is 17.8 Å². The van der Waals surface area contributed by atoms with Gasteiger partial charge < -0.3 is 15.3 Å². The van der Waals surface area contributed by atoms with Gasteiger partial charge in [-0.1, -0.05) is 0 Å².